The minimum Gasteiger partial charge on any atom is -0.381 e. The van der Waals surface area contributed by atoms with E-state index in [4.69, 9.17) is 4.74 Å². The maximum absolute atomic E-state index is 5.36. The van der Waals surface area contributed by atoms with E-state index in [-0.39, 0.29) is 0 Å². The average molecular weight is 226 g/mol. The normalized spacial score (nSPS) is 18.2. The van der Waals surface area contributed by atoms with Gasteiger partial charge in [-0.05, 0) is 19.4 Å². The molecule has 1 aliphatic rings. The molecule has 1 saturated heterocycles. The van der Waals surface area contributed by atoms with E-state index < -0.39 is 0 Å². The van der Waals surface area contributed by atoms with E-state index in [1.807, 2.05) is 0 Å². The summed E-state index contributed by atoms with van der Waals surface area (Å²) in [5, 5.41) is 6.72. The first-order valence-corrected chi connectivity index (χ1v) is 6.51. The smallest absolute Gasteiger partial charge is 0.107 e. The van der Waals surface area contributed by atoms with Crippen LogP contribution in [-0.2, 0) is 11.3 Å². The van der Waals surface area contributed by atoms with Crippen molar-refractivity contribution < 1.29 is 4.74 Å². The molecule has 1 aromatic rings. The molecule has 0 amide bonds. The molecule has 15 heavy (non-hydrogen) atoms. The van der Waals surface area contributed by atoms with Crippen LogP contribution in [0.2, 0.25) is 0 Å². The maximum Gasteiger partial charge on any atom is 0.107 e. The summed E-state index contributed by atoms with van der Waals surface area (Å²) < 4.78 is 5.36. The third kappa shape index (κ3) is 3.00. The molecule has 2 heterocycles. The molecule has 84 valence electrons. The SMILES string of the molecule is CCNCc1nc(C2CCOCC2)cs1. The lowest BCUT2D eigenvalue weighted by atomic mass is 9.98. The highest BCUT2D eigenvalue weighted by atomic mass is 32.1. The predicted molar refractivity (Wildman–Crippen MR) is 62.3 cm³/mol. The molecule has 0 spiro atoms. The van der Waals surface area contributed by atoms with E-state index in [0.717, 1.165) is 39.1 Å². The fourth-order valence-electron chi connectivity index (χ4n) is 1.82. The molecule has 0 aromatic carbocycles. The monoisotopic (exact) mass is 226 g/mol. The van der Waals surface area contributed by atoms with Crippen LogP contribution in [0.4, 0.5) is 0 Å². The minimum atomic E-state index is 0.630. The zero-order valence-corrected chi connectivity index (χ0v) is 9.98. The first-order chi connectivity index (χ1) is 7.40. The Labute approximate surface area is 94.9 Å². The van der Waals surface area contributed by atoms with Crippen molar-refractivity contribution in [1.82, 2.24) is 10.3 Å². The van der Waals surface area contributed by atoms with Gasteiger partial charge in [0.1, 0.15) is 5.01 Å². The Bertz CT molecular complexity index is 295. The van der Waals surface area contributed by atoms with Gasteiger partial charge in [0.2, 0.25) is 0 Å². The Balaban J connectivity index is 1.93. The molecule has 0 atom stereocenters. The molecule has 4 heteroatoms. The predicted octanol–water partition coefficient (Wildman–Crippen LogP) is 2.15. The molecule has 3 nitrogen and oxygen atoms in total. The third-order valence-electron chi connectivity index (χ3n) is 2.74. The number of rotatable bonds is 4. The Kier molecular flexibility index (Phi) is 4.11. The molecule has 0 unspecified atom stereocenters. The van der Waals surface area contributed by atoms with Crippen LogP contribution in [0, 0.1) is 0 Å². The summed E-state index contributed by atoms with van der Waals surface area (Å²) in [6, 6.07) is 0. The highest BCUT2D eigenvalue weighted by molar-refractivity contribution is 7.09. The first-order valence-electron chi connectivity index (χ1n) is 5.63. The van der Waals surface area contributed by atoms with Crippen molar-refractivity contribution in [1.29, 1.82) is 0 Å². The standard InChI is InChI=1S/C11H18N2OS/c1-2-12-7-11-13-10(8-15-11)9-3-5-14-6-4-9/h8-9,12H,2-7H2,1H3. The Morgan fingerprint density at radius 2 is 2.33 bits per heavy atom. The van der Waals surface area contributed by atoms with Crippen LogP contribution in [0.15, 0.2) is 5.38 Å². The topological polar surface area (TPSA) is 34.2 Å². The molecule has 1 N–H and O–H groups in total. The van der Waals surface area contributed by atoms with Gasteiger partial charge in [0.25, 0.3) is 0 Å². The molecule has 0 bridgehead atoms. The van der Waals surface area contributed by atoms with E-state index in [0.29, 0.717) is 5.92 Å². The van der Waals surface area contributed by atoms with Crippen LogP contribution in [-0.4, -0.2) is 24.7 Å². The minimum absolute atomic E-state index is 0.630. The second kappa shape index (κ2) is 5.58. The van der Waals surface area contributed by atoms with Gasteiger partial charge >= 0.3 is 0 Å². The van der Waals surface area contributed by atoms with Gasteiger partial charge in [-0.3, -0.25) is 0 Å². The Morgan fingerprint density at radius 3 is 3.07 bits per heavy atom. The highest BCUT2D eigenvalue weighted by Gasteiger charge is 2.18. The number of aromatic nitrogens is 1. The van der Waals surface area contributed by atoms with Crippen LogP contribution < -0.4 is 5.32 Å². The number of hydrogen-bond acceptors (Lipinski definition) is 4. The van der Waals surface area contributed by atoms with Crippen LogP contribution in [0.3, 0.4) is 0 Å². The zero-order valence-electron chi connectivity index (χ0n) is 9.16. The summed E-state index contributed by atoms with van der Waals surface area (Å²) in [4.78, 5) is 4.67. The van der Waals surface area contributed by atoms with E-state index in [1.54, 1.807) is 11.3 Å². The van der Waals surface area contributed by atoms with Crippen LogP contribution in [0.25, 0.3) is 0 Å². The maximum atomic E-state index is 5.36. The average Bonchev–Trinajstić information content (AvgIpc) is 2.76. The number of ether oxygens (including phenoxy) is 1. The van der Waals surface area contributed by atoms with Crippen LogP contribution >= 0.6 is 11.3 Å². The molecule has 1 aliphatic heterocycles. The van der Waals surface area contributed by atoms with Gasteiger partial charge in [-0.25, -0.2) is 4.98 Å². The lowest BCUT2D eigenvalue weighted by Gasteiger charge is -2.19. The van der Waals surface area contributed by atoms with Gasteiger partial charge in [-0.2, -0.15) is 0 Å². The molecule has 1 aromatic heterocycles. The second-order valence-electron chi connectivity index (χ2n) is 3.83. The number of nitrogens with one attached hydrogen (secondary N) is 1. The number of thiazole rings is 1. The van der Waals surface area contributed by atoms with Gasteiger partial charge < -0.3 is 10.1 Å². The molecule has 2 rings (SSSR count). The summed E-state index contributed by atoms with van der Waals surface area (Å²) >= 11 is 1.77. The van der Waals surface area contributed by atoms with Gasteiger partial charge in [-0.1, -0.05) is 6.92 Å². The quantitative estimate of drug-likeness (QED) is 0.854. The van der Waals surface area contributed by atoms with E-state index >= 15 is 0 Å². The highest BCUT2D eigenvalue weighted by Crippen LogP contribution is 2.27. The van der Waals surface area contributed by atoms with Crippen molar-refractivity contribution in [3.63, 3.8) is 0 Å². The van der Waals surface area contributed by atoms with Crippen molar-refractivity contribution in [3.05, 3.63) is 16.1 Å². The summed E-state index contributed by atoms with van der Waals surface area (Å²) in [5.74, 6) is 0.630. The van der Waals surface area contributed by atoms with Crippen molar-refractivity contribution in [2.45, 2.75) is 32.2 Å². The zero-order chi connectivity index (χ0) is 10.5. The molecule has 0 radical (unpaired) electrons. The van der Waals surface area contributed by atoms with Crippen LogP contribution in [0.5, 0.6) is 0 Å². The largest absolute Gasteiger partial charge is 0.381 e. The van der Waals surface area contributed by atoms with Crippen molar-refractivity contribution in [3.8, 4) is 0 Å². The summed E-state index contributed by atoms with van der Waals surface area (Å²) in [7, 11) is 0. The van der Waals surface area contributed by atoms with Gasteiger partial charge in [0.15, 0.2) is 0 Å². The lowest BCUT2D eigenvalue weighted by Crippen LogP contribution is -2.15. The third-order valence-corrected chi connectivity index (χ3v) is 3.60. The van der Waals surface area contributed by atoms with Crippen LogP contribution in [0.1, 0.15) is 36.4 Å². The fraction of sp³-hybridized carbons (Fsp3) is 0.727. The van der Waals surface area contributed by atoms with Crippen molar-refractivity contribution >= 4 is 11.3 Å². The Hall–Kier alpha value is -0.450. The van der Waals surface area contributed by atoms with Gasteiger partial charge in [0, 0.05) is 31.1 Å². The van der Waals surface area contributed by atoms with E-state index in [1.165, 1.54) is 10.7 Å². The fourth-order valence-corrected chi connectivity index (χ4v) is 2.66. The van der Waals surface area contributed by atoms with Crippen molar-refractivity contribution in [2.24, 2.45) is 0 Å². The molecular formula is C11H18N2OS. The number of hydrogen-bond donors (Lipinski definition) is 1. The van der Waals surface area contributed by atoms with E-state index in [2.05, 4.69) is 22.6 Å². The summed E-state index contributed by atoms with van der Waals surface area (Å²) in [5.41, 5.74) is 1.27. The molecule has 0 saturated carbocycles. The lowest BCUT2D eigenvalue weighted by molar-refractivity contribution is 0.0846. The Morgan fingerprint density at radius 1 is 1.53 bits per heavy atom. The summed E-state index contributed by atoms with van der Waals surface area (Å²) in [6.07, 6.45) is 2.26. The second-order valence-corrected chi connectivity index (χ2v) is 4.78. The van der Waals surface area contributed by atoms with E-state index in [9.17, 15) is 0 Å². The number of nitrogens with zero attached hydrogens (tertiary/aromatic N) is 1. The first kappa shape index (κ1) is 11.0. The van der Waals surface area contributed by atoms with Gasteiger partial charge in [0.05, 0.1) is 5.69 Å². The molecule has 0 aliphatic carbocycles. The summed E-state index contributed by atoms with van der Waals surface area (Å²) in [6.45, 7) is 5.82. The molecule has 1 fully saturated rings. The molecular weight excluding hydrogens is 208 g/mol. The van der Waals surface area contributed by atoms with Gasteiger partial charge in [-0.15, -0.1) is 11.3 Å². The van der Waals surface area contributed by atoms with Crippen molar-refractivity contribution in [2.75, 3.05) is 19.8 Å².